The molecule has 1 aliphatic rings. The molecule has 1 aromatic heterocycles. The van der Waals surface area contributed by atoms with Crippen LogP contribution in [0.2, 0.25) is 0 Å². The molecule has 1 aromatic rings. The minimum absolute atomic E-state index is 0.0823. The van der Waals surface area contributed by atoms with Crippen LogP contribution in [0.3, 0.4) is 0 Å². The summed E-state index contributed by atoms with van der Waals surface area (Å²) in [5, 5.41) is 21.5. The number of piperidine rings is 1. The van der Waals surface area contributed by atoms with Crippen LogP contribution in [0.15, 0.2) is 5.38 Å². The van der Waals surface area contributed by atoms with Crippen molar-refractivity contribution in [1.29, 1.82) is 0 Å². The van der Waals surface area contributed by atoms with Crippen LogP contribution in [0.4, 0.5) is 5.13 Å². The molecule has 2 rings (SSSR count). The molecule has 15 heavy (non-hydrogen) atoms. The minimum Gasteiger partial charge on any atom is -0.493 e. The molecule has 0 radical (unpaired) electrons. The van der Waals surface area contributed by atoms with Gasteiger partial charge in [-0.3, -0.25) is 0 Å². The van der Waals surface area contributed by atoms with Crippen LogP contribution in [-0.4, -0.2) is 34.4 Å². The van der Waals surface area contributed by atoms with Gasteiger partial charge in [-0.05, 0) is 6.42 Å². The quantitative estimate of drug-likeness (QED) is 0.764. The number of hydrogen-bond acceptors (Lipinski definition) is 5. The highest BCUT2D eigenvalue weighted by Crippen LogP contribution is 2.34. The molecular formula is C10H16N2O2S. The van der Waals surface area contributed by atoms with Gasteiger partial charge in [0.1, 0.15) is 0 Å². The molecule has 2 N–H and O–H groups in total. The maximum atomic E-state index is 9.81. The van der Waals surface area contributed by atoms with Crippen molar-refractivity contribution in [3.8, 4) is 5.88 Å². The lowest BCUT2D eigenvalue weighted by atomic mass is 9.81. The molecule has 0 aromatic carbocycles. The maximum Gasteiger partial charge on any atom is 0.223 e. The Kier molecular flexibility index (Phi) is 2.60. The Labute approximate surface area is 93.2 Å². The number of thiazole rings is 1. The minimum atomic E-state index is -0.248. The number of hydrogen-bond donors (Lipinski definition) is 2. The highest BCUT2D eigenvalue weighted by molar-refractivity contribution is 7.13. The second kappa shape index (κ2) is 3.64. The average molecular weight is 228 g/mol. The van der Waals surface area contributed by atoms with Gasteiger partial charge in [-0.25, -0.2) is 0 Å². The first-order valence-electron chi connectivity index (χ1n) is 5.06. The highest BCUT2D eigenvalue weighted by atomic mass is 32.1. The zero-order chi connectivity index (χ0) is 11.1. The SMILES string of the molecule is CC1(C)CN(c2nc(O)cs2)CCC1O. The number of aromatic nitrogens is 1. The first-order chi connectivity index (χ1) is 6.99. The molecule has 84 valence electrons. The number of aliphatic hydroxyl groups excluding tert-OH is 1. The summed E-state index contributed by atoms with van der Waals surface area (Å²) < 4.78 is 0. The van der Waals surface area contributed by atoms with Gasteiger partial charge in [-0.1, -0.05) is 13.8 Å². The van der Waals surface area contributed by atoms with Crippen molar-refractivity contribution in [2.75, 3.05) is 18.0 Å². The summed E-state index contributed by atoms with van der Waals surface area (Å²) in [7, 11) is 0. The van der Waals surface area contributed by atoms with E-state index in [1.54, 1.807) is 5.38 Å². The van der Waals surface area contributed by atoms with Gasteiger partial charge < -0.3 is 15.1 Å². The van der Waals surface area contributed by atoms with Crippen molar-refractivity contribution in [3.63, 3.8) is 0 Å². The van der Waals surface area contributed by atoms with Crippen LogP contribution in [0.5, 0.6) is 5.88 Å². The molecular weight excluding hydrogens is 212 g/mol. The van der Waals surface area contributed by atoms with E-state index >= 15 is 0 Å². The predicted octanol–water partition coefficient (Wildman–Crippen LogP) is 1.45. The van der Waals surface area contributed by atoms with Crippen molar-refractivity contribution in [1.82, 2.24) is 4.98 Å². The first-order valence-corrected chi connectivity index (χ1v) is 5.94. The second-order valence-corrected chi connectivity index (χ2v) is 5.54. The van der Waals surface area contributed by atoms with Gasteiger partial charge >= 0.3 is 0 Å². The Bertz CT molecular complexity index is 351. The molecule has 1 unspecified atom stereocenters. The zero-order valence-corrected chi connectivity index (χ0v) is 9.79. The fourth-order valence-corrected chi connectivity index (χ4v) is 2.62. The van der Waals surface area contributed by atoms with Crippen LogP contribution in [0.25, 0.3) is 0 Å². The third kappa shape index (κ3) is 2.08. The molecule has 1 atom stereocenters. The van der Waals surface area contributed by atoms with Crippen LogP contribution < -0.4 is 4.90 Å². The largest absolute Gasteiger partial charge is 0.493 e. The van der Waals surface area contributed by atoms with Crippen molar-refractivity contribution < 1.29 is 10.2 Å². The molecule has 1 saturated heterocycles. The summed E-state index contributed by atoms with van der Waals surface area (Å²) in [6.45, 7) is 5.69. The van der Waals surface area contributed by atoms with Gasteiger partial charge in [0.2, 0.25) is 5.88 Å². The Morgan fingerprint density at radius 3 is 2.87 bits per heavy atom. The molecule has 4 nitrogen and oxygen atoms in total. The number of aromatic hydroxyl groups is 1. The molecule has 0 amide bonds. The van der Waals surface area contributed by atoms with E-state index in [0.29, 0.717) is 0 Å². The van der Waals surface area contributed by atoms with E-state index in [1.165, 1.54) is 11.3 Å². The third-order valence-electron chi connectivity index (χ3n) is 2.92. The van der Waals surface area contributed by atoms with Gasteiger partial charge in [0.15, 0.2) is 5.13 Å². The Balaban J connectivity index is 2.13. The van der Waals surface area contributed by atoms with Crippen molar-refractivity contribution >= 4 is 16.5 Å². The van der Waals surface area contributed by atoms with E-state index in [0.717, 1.165) is 24.6 Å². The Morgan fingerprint density at radius 2 is 2.33 bits per heavy atom. The standard InChI is InChI=1S/C10H16N2O2S/c1-10(2)6-12(4-3-7(10)13)9-11-8(14)5-15-9/h5,7,13-14H,3-4,6H2,1-2H3. The molecule has 0 bridgehead atoms. The normalized spacial score (nSPS) is 25.5. The van der Waals surface area contributed by atoms with Gasteiger partial charge in [0, 0.05) is 18.5 Å². The summed E-state index contributed by atoms with van der Waals surface area (Å²) in [4.78, 5) is 6.17. The summed E-state index contributed by atoms with van der Waals surface area (Å²) in [5.74, 6) is 0.0823. The van der Waals surface area contributed by atoms with Crippen LogP contribution >= 0.6 is 11.3 Å². The number of rotatable bonds is 1. The fourth-order valence-electron chi connectivity index (χ4n) is 1.91. The second-order valence-electron chi connectivity index (χ2n) is 4.70. The van der Waals surface area contributed by atoms with Crippen LogP contribution in [0, 0.1) is 5.41 Å². The van der Waals surface area contributed by atoms with Crippen molar-refractivity contribution in [2.24, 2.45) is 5.41 Å². The Hall–Kier alpha value is -0.810. The summed E-state index contributed by atoms with van der Waals surface area (Å²) in [6.07, 6.45) is 0.509. The summed E-state index contributed by atoms with van der Waals surface area (Å²) in [5.41, 5.74) is -0.112. The van der Waals surface area contributed by atoms with Crippen LogP contribution in [-0.2, 0) is 0 Å². The lowest BCUT2D eigenvalue weighted by molar-refractivity contribution is 0.0336. The topological polar surface area (TPSA) is 56.6 Å². The summed E-state index contributed by atoms with van der Waals surface area (Å²) >= 11 is 1.44. The maximum absolute atomic E-state index is 9.81. The lowest BCUT2D eigenvalue weighted by Gasteiger charge is -2.41. The molecule has 5 heteroatoms. The average Bonchev–Trinajstić information content (AvgIpc) is 2.57. The fraction of sp³-hybridized carbons (Fsp3) is 0.700. The van der Waals surface area contributed by atoms with E-state index in [2.05, 4.69) is 23.7 Å². The molecule has 1 fully saturated rings. The number of anilines is 1. The van der Waals surface area contributed by atoms with Crippen molar-refractivity contribution in [2.45, 2.75) is 26.4 Å². The van der Waals surface area contributed by atoms with E-state index in [-0.39, 0.29) is 17.4 Å². The van der Waals surface area contributed by atoms with Gasteiger partial charge in [-0.15, -0.1) is 11.3 Å². The first kappa shape index (κ1) is 10.7. The smallest absolute Gasteiger partial charge is 0.223 e. The van der Waals surface area contributed by atoms with Gasteiger partial charge in [0.25, 0.3) is 0 Å². The number of aliphatic hydroxyl groups is 1. The monoisotopic (exact) mass is 228 g/mol. The van der Waals surface area contributed by atoms with Gasteiger partial charge in [-0.2, -0.15) is 4.98 Å². The molecule has 1 aliphatic heterocycles. The summed E-state index contributed by atoms with van der Waals surface area (Å²) in [6, 6.07) is 0. The highest BCUT2D eigenvalue weighted by Gasteiger charge is 2.35. The molecule has 2 heterocycles. The van der Waals surface area contributed by atoms with Crippen molar-refractivity contribution in [3.05, 3.63) is 5.38 Å². The third-order valence-corrected chi connectivity index (χ3v) is 3.81. The van der Waals surface area contributed by atoms with Crippen LogP contribution in [0.1, 0.15) is 20.3 Å². The number of nitrogens with zero attached hydrogens (tertiary/aromatic N) is 2. The molecule has 0 saturated carbocycles. The van der Waals surface area contributed by atoms with Gasteiger partial charge in [0.05, 0.1) is 11.5 Å². The van der Waals surface area contributed by atoms with E-state index < -0.39 is 0 Å². The molecule has 0 aliphatic carbocycles. The van der Waals surface area contributed by atoms with E-state index in [1.807, 2.05) is 0 Å². The predicted molar refractivity (Wildman–Crippen MR) is 60.4 cm³/mol. The zero-order valence-electron chi connectivity index (χ0n) is 8.97. The van der Waals surface area contributed by atoms with E-state index in [9.17, 15) is 10.2 Å². The molecule has 0 spiro atoms. The van der Waals surface area contributed by atoms with E-state index in [4.69, 9.17) is 0 Å². The Morgan fingerprint density at radius 1 is 1.60 bits per heavy atom. The lowest BCUT2D eigenvalue weighted by Crippen LogP contribution is -2.48.